The maximum atomic E-state index is 11.7. The predicted octanol–water partition coefficient (Wildman–Crippen LogP) is 2.88. The second-order valence-electron chi connectivity index (χ2n) is 4.06. The number of rotatable bonds is 3. The number of carbonyl (C=O) groups excluding carboxylic acids is 1. The third-order valence-corrected chi connectivity index (χ3v) is 3.20. The summed E-state index contributed by atoms with van der Waals surface area (Å²) in [6, 6.07) is 4.53. The van der Waals surface area contributed by atoms with Crippen molar-refractivity contribution in [3.8, 4) is 0 Å². The molecular weight excluding hydrogens is 291 g/mol. The molecule has 2 N–H and O–H groups in total. The Morgan fingerprint density at radius 2 is 2.26 bits per heavy atom. The van der Waals surface area contributed by atoms with Gasteiger partial charge in [-0.2, -0.15) is 0 Å². The van der Waals surface area contributed by atoms with Crippen LogP contribution in [-0.4, -0.2) is 32.1 Å². The van der Waals surface area contributed by atoms with Gasteiger partial charge in [-0.15, -0.1) is 0 Å². The Labute approximate surface area is 121 Å². The van der Waals surface area contributed by atoms with Gasteiger partial charge in [-0.05, 0) is 24.6 Å². The van der Waals surface area contributed by atoms with Crippen LogP contribution in [0.25, 0.3) is 0 Å². The molecule has 1 fully saturated rings. The molecule has 104 valence electrons. The molecule has 2 rings (SSSR count). The van der Waals surface area contributed by atoms with Crippen molar-refractivity contribution in [3.05, 3.63) is 28.2 Å². The van der Waals surface area contributed by atoms with Crippen molar-refractivity contribution >= 4 is 34.9 Å². The highest BCUT2D eigenvalue weighted by atomic mass is 35.5. The van der Waals surface area contributed by atoms with Gasteiger partial charge < -0.3 is 20.1 Å². The van der Waals surface area contributed by atoms with Crippen LogP contribution < -0.4 is 10.6 Å². The summed E-state index contributed by atoms with van der Waals surface area (Å²) in [5.41, 5.74) is 0.472. The van der Waals surface area contributed by atoms with E-state index in [1.54, 1.807) is 18.2 Å². The van der Waals surface area contributed by atoms with Crippen molar-refractivity contribution in [3.63, 3.8) is 0 Å². The van der Waals surface area contributed by atoms with Crippen LogP contribution in [0, 0.1) is 0 Å². The molecule has 0 aliphatic carbocycles. The summed E-state index contributed by atoms with van der Waals surface area (Å²) in [4.78, 5) is 11.7. The van der Waals surface area contributed by atoms with Gasteiger partial charge in [0.25, 0.3) is 0 Å². The molecule has 0 saturated carbocycles. The Morgan fingerprint density at radius 3 is 3.00 bits per heavy atom. The first kappa shape index (κ1) is 14.4. The van der Waals surface area contributed by atoms with E-state index in [-0.39, 0.29) is 18.9 Å². The van der Waals surface area contributed by atoms with Crippen LogP contribution in [-0.2, 0) is 9.47 Å². The molecule has 0 spiro atoms. The van der Waals surface area contributed by atoms with Crippen molar-refractivity contribution in [2.24, 2.45) is 0 Å². The predicted molar refractivity (Wildman–Crippen MR) is 73.8 cm³/mol. The molecule has 7 heteroatoms. The van der Waals surface area contributed by atoms with Crippen molar-refractivity contribution in [1.82, 2.24) is 5.32 Å². The summed E-state index contributed by atoms with van der Waals surface area (Å²) >= 11 is 11.8. The average Bonchev–Trinajstić information content (AvgIpc) is 2.42. The Kier molecular flexibility index (Phi) is 5.27. The quantitative estimate of drug-likeness (QED) is 0.902. The number of carbonyl (C=O) groups is 1. The number of nitrogens with one attached hydrogen (secondary N) is 2. The summed E-state index contributed by atoms with van der Waals surface area (Å²) < 4.78 is 10.4. The molecule has 0 bridgehead atoms. The van der Waals surface area contributed by atoms with E-state index in [1.807, 2.05) is 0 Å². The van der Waals surface area contributed by atoms with Crippen LogP contribution in [0.5, 0.6) is 0 Å². The number of urea groups is 1. The first-order chi connectivity index (χ1) is 9.15. The van der Waals surface area contributed by atoms with E-state index in [0.717, 1.165) is 6.42 Å². The number of anilines is 1. The lowest BCUT2D eigenvalue weighted by Crippen LogP contribution is -2.39. The monoisotopic (exact) mass is 304 g/mol. The summed E-state index contributed by atoms with van der Waals surface area (Å²) in [6.45, 7) is 1.34. The molecule has 1 aliphatic heterocycles. The molecule has 0 aromatic heterocycles. The average molecular weight is 305 g/mol. The summed E-state index contributed by atoms with van der Waals surface area (Å²) in [6.07, 6.45) is 0.743. The van der Waals surface area contributed by atoms with Gasteiger partial charge in [0.2, 0.25) is 0 Å². The minimum atomic E-state index is -0.348. The van der Waals surface area contributed by atoms with E-state index >= 15 is 0 Å². The fourth-order valence-electron chi connectivity index (χ4n) is 1.63. The molecule has 0 radical (unpaired) electrons. The second-order valence-corrected chi connectivity index (χ2v) is 4.91. The smallest absolute Gasteiger partial charge is 0.319 e. The summed E-state index contributed by atoms with van der Waals surface area (Å²) in [5, 5.41) is 6.29. The van der Waals surface area contributed by atoms with Crippen LogP contribution in [0.2, 0.25) is 10.0 Å². The number of benzene rings is 1. The fourth-order valence-corrected chi connectivity index (χ4v) is 1.97. The lowest BCUT2D eigenvalue weighted by Gasteiger charge is -2.23. The van der Waals surface area contributed by atoms with E-state index in [1.165, 1.54) is 0 Å². The highest BCUT2D eigenvalue weighted by Gasteiger charge is 2.15. The molecule has 19 heavy (non-hydrogen) atoms. The van der Waals surface area contributed by atoms with Gasteiger partial charge in [0, 0.05) is 11.6 Å². The molecule has 1 saturated heterocycles. The van der Waals surface area contributed by atoms with E-state index in [4.69, 9.17) is 32.7 Å². The number of hydrogen-bond donors (Lipinski definition) is 2. The molecule has 1 aromatic carbocycles. The van der Waals surface area contributed by atoms with Crippen LogP contribution in [0.15, 0.2) is 18.2 Å². The molecule has 5 nitrogen and oxygen atoms in total. The Balaban J connectivity index is 1.81. The first-order valence-corrected chi connectivity index (χ1v) is 6.60. The van der Waals surface area contributed by atoms with Gasteiger partial charge in [0.05, 0.1) is 23.4 Å². The number of halogens is 2. The third-order valence-electron chi connectivity index (χ3n) is 2.64. The van der Waals surface area contributed by atoms with Crippen LogP contribution in [0.4, 0.5) is 10.5 Å². The minimum Gasteiger partial charge on any atom is -0.355 e. The maximum Gasteiger partial charge on any atom is 0.319 e. The maximum absolute atomic E-state index is 11.7. The Morgan fingerprint density at radius 1 is 1.42 bits per heavy atom. The van der Waals surface area contributed by atoms with Gasteiger partial charge in [-0.3, -0.25) is 0 Å². The third kappa shape index (κ3) is 4.54. The van der Waals surface area contributed by atoms with E-state index in [9.17, 15) is 4.79 Å². The summed E-state index contributed by atoms with van der Waals surface area (Å²) in [5.74, 6) is 0. The second kappa shape index (κ2) is 6.96. The number of ether oxygens (including phenoxy) is 2. The van der Waals surface area contributed by atoms with Crippen molar-refractivity contribution < 1.29 is 14.3 Å². The fraction of sp³-hybridized carbons (Fsp3) is 0.417. The molecule has 1 heterocycles. The Bertz CT molecular complexity index is 451. The zero-order valence-corrected chi connectivity index (χ0v) is 11.6. The molecule has 1 atom stereocenters. The van der Waals surface area contributed by atoms with Crippen molar-refractivity contribution in [2.45, 2.75) is 12.5 Å². The molecule has 1 unspecified atom stereocenters. The zero-order chi connectivity index (χ0) is 13.7. The largest absolute Gasteiger partial charge is 0.355 e. The lowest BCUT2D eigenvalue weighted by molar-refractivity contribution is -0.136. The van der Waals surface area contributed by atoms with Crippen LogP contribution >= 0.6 is 23.2 Å². The first-order valence-electron chi connectivity index (χ1n) is 5.84. The topological polar surface area (TPSA) is 59.6 Å². The van der Waals surface area contributed by atoms with Gasteiger partial charge in [-0.25, -0.2) is 4.79 Å². The van der Waals surface area contributed by atoms with Gasteiger partial charge in [-0.1, -0.05) is 23.2 Å². The highest BCUT2D eigenvalue weighted by Crippen LogP contribution is 2.25. The van der Waals surface area contributed by atoms with Crippen molar-refractivity contribution in [1.29, 1.82) is 0 Å². The molecular formula is C12H14Cl2N2O3. The highest BCUT2D eigenvalue weighted by molar-refractivity contribution is 6.35. The number of amides is 2. The zero-order valence-electron chi connectivity index (χ0n) is 10.1. The van der Waals surface area contributed by atoms with Crippen molar-refractivity contribution in [2.75, 3.05) is 25.3 Å². The van der Waals surface area contributed by atoms with Gasteiger partial charge in [0.1, 0.15) is 6.79 Å². The van der Waals surface area contributed by atoms with Gasteiger partial charge >= 0.3 is 6.03 Å². The molecule has 2 amide bonds. The van der Waals surface area contributed by atoms with Crippen LogP contribution in [0.3, 0.4) is 0 Å². The minimum absolute atomic E-state index is 0.0191. The lowest BCUT2D eigenvalue weighted by atomic mass is 10.2. The summed E-state index contributed by atoms with van der Waals surface area (Å²) in [7, 11) is 0. The van der Waals surface area contributed by atoms with Gasteiger partial charge in [0.15, 0.2) is 0 Å². The normalized spacial score (nSPS) is 18.9. The standard InChI is InChI=1S/C12H14Cl2N2O3/c13-8-1-2-10(14)11(5-8)16-12(17)15-6-9-3-4-18-7-19-9/h1-2,5,9H,3-4,6-7H2,(H2,15,16,17). The Hall–Kier alpha value is -1.01. The van der Waals surface area contributed by atoms with E-state index < -0.39 is 0 Å². The van der Waals surface area contributed by atoms with E-state index in [2.05, 4.69) is 10.6 Å². The van der Waals surface area contributed by atoms with Crippen LogP contribution in [0.1, 0.15) is 6.42 Å². The SMILES string of the molecule is O=C(NCC1CCOCO1)Nc1cc(Cl)ccc1Cl. The number of hydrogen-bond acceptors (Lipinski definition) is 3. The molecule has 1 aromatic rings. The molecule has 1 aliphatic rings. The van der Waals surface area contributed by atoms with E-state index in [0.29, 0.717) is 28.9 Å².